The summed E-state index contributed by atoms with van der Waals surface area (Å²) in [7, 11) is -3.38. The van der Waals surface area contributed by atoms with Crippen molar-refractivity contribution in [1.82, 2.24) is 5.32 Å². The average Bonchev–Trinajstić information content (AvgIpc) is 3.14. The van der Waals surface area contributed by atoms with E-state index in [1.165, 1.54) is 19.5 Å². The lowest BCUT2D eigenvalue weighted by Crippen LogP contribution is -3.14. The highest BCUT2D eigenvalue weighted by Gasteiger charge is 2.24. The predicted octanol–water partition coefficient (Wildman–Crippen LogP) is 2.38. The fraction of sp³-hybridized carbons (Fsp3) is 0.542. The maximum atomic E-state index is 12.5. The lowest BCUT2D eigenvalue weighted by molar-refractivity contribution is -0.912. The third kappa shape index (κ3) is 7.51. The maximum Gasteiger partial charge on any atom is 0.286 e. The van der Waals surface area contributed by atoms with E-state index in [2.05, 4.69) is 19.2 Å². The molecule has 2 atom stereocenters. The first-order valence-corrected chi connectivity index (χ1v) is 13.0. The lowest BCUT2D eigenvalue weighted by Gasteiger charge is -2.32. The molecule has 0 bridgehead atoms. The molecule has 0 saturated carbocycles. The molecule has 0 aliphatic carbocycles. The number of hydrogen-bond donors (Lipinski definition) is 2. The van der Waals surface area contributed by atoms with Crippen molar-refractivity contribution < 1.29 is 22.5 Å². The molecule has 1 aliphatic rings. The highest BCUT2D eigenvalue weighted by atomic mass is 32.2. The zero-order valence-corrected chi connectivity index (χ0v) is 19.6. The summed E-state index contributed by atoms with van der Waals surface area (Å²) in [4.78, 5) is 14.0. The molecular weight excluding hydrogens is 412 g/mol. The van der Waals surface area contributed by atoms with Crippen LogP contribution < -0.4 is 10.2 Å². The van der Waals surface area contributed by atoms with Crippen molar-refractivity contribution in [3.63, 3.8) is 0 Å². The van der Waals surface area contributed by atoms with Gasteiger partial charge in [-0.05, 0) is 31.0 Å². The summed E-state index contributed by atoms with van der Waals surface area (Å²) in [6.07, 6.45) is 2.22. The normalized spacial score (nSPS) is 21.7. The van der Waals surface area contributed by atoms with E-state index in [1.54, 1.807) is 17.0 Å². The number of benzene rings is 1. The molecule has 0 spiro atoms. The van der Waals surface area contributed by atoms with Gasteiger partial charge in [-0.1, -0.05) is 43.7 Å². The van der Waals surface area contributed by atoms with Gasteiger partial charge < -0.3 is 14.6 Å². The summed E-state index contributed by atoms with van der Waals surface area (Å²) in [5.41, 5.74) is 1.83. The van der Waals surface area contributed by atoms with Crippen molar-refractivity contribution in [2.75, 3.05) is 26.2 Å². The molecular formula is C24H35N2O4S+. The molecule has 3 rings (SSSR count). The second-order valence-electron chi connectivity index (χ2n) is 9.25. The summed E-state index contributed by atoms with van der Waals surface area (Å²) in [6, 6.07) is 10.6. The number of aryl methyl sites for hydroxylation is 1. The number of nitrogens with one attached hydrogen (secondary N) is 2. The van der Waals surface area contributed by atoms with Crippen LogP contribution in [0.5, 0.6) is 0 Å². The number of carbonyl (C=O) groups excluding carboxylic acids is 1. The van der Waals surface area contributed by atoms with Crippen LogP contribution in [0.1, 0.15) is 54.1 Å². The Morgan fingerprint density at radius 2 is 1.74 bits per heavy atom. The van der Waals surface area contributed by atoms with Gasteiger partial charge in [-0.15, -0.1) is 0 Å². The van der Waals surface area contributed by atoms with Gasteiger partial charge in [-0.2, -0.15) is 0 Å². The quantitative estimate of drug-likeness (QED) is 0.579. The minimum atomic E-state index is -3.38. The van der Waals surface area contributed by atoms with Gasteiger partial charge in [0.25, 0.3) is 5.91 Å². The van der Waals surface area contributed by atoms with Crippen LogP contribution in [0.4, 0.5) is 0 Å². The standard InChI is InChI=1S/C24H34N2O4S/c1-18-5-7-21(8-6-18)16-31(28,29)17-22-9-10-23(30-22)24(27)25-11-4-12-26-14-19(2)13-20(3)15-26/h5-10,19-20H,4,11-17H2,1-3H3,(H,25,27)/p+1. The van der Waals surface area contributed by atoms with Crippen LogP contribution >= 0.6 is 0 Å². The highest BCUT2D eigenvalue weighted by Crippen LogP contribution is 2.16. The first-order chi connectivity index (χ1) is 14.7. The topological polar surface area (TPSA) is 80.8 Å². The Labute approximate surface area is 185 Å². The van der Waals surface area contributed by atoms with E-state index in [1.807, 2.05) is 31.2 Å². The molecule has 1 aliphatic heterocycles. The van der Waals surface area contributed by atoms with E-state index in [9.17, 15) is 13.2 Å². The van der Waals surface area contributed by atoms with Gasteiger partial charge in [-0.3, -0.25) is 4.79 Å². The second kappa shape index (κ2) is 10.5. The molecule has 1 fully saturated rings. The Kier molecular flexibility index (Phi) is 7.94. The van der Waals surface area contributed by atoms with Gasteiger partial charge in [0, 0.05) is 24.8 Å². The van der Waals surface area contributed by atoms with Crippen molar-refractivity contribution in [1.29, 1.82) is 0 Å². The highest BCUT2D eigenvalue weighted by molar-refractivity contribution is 7.89. The number of rotatable bonds is 9. The molecule has 2 N–H and O–H groups in total. The molecule has 1 amide bonds. The van der Waals surface area contributed by atoms with Gasteiger partial charge in [0.1, 0.15) is 11.5 Å². The zero-order valence-electron chi connectivity index (χ0n) is 18.8. The Morgan fingerprint density at radius 3 is 2.42 bits per heavy atom. The molecule has 6 nitrogen and oxygen atoms in total. The number of quaternary nitrogens is 1. The number of hydrogen-bond acceptors (Lipinski definition) is 4. The summed E-state index contributed by atoms with van der Waals surface area (Å²) in [6.45, 7) is 10.6. The number of carbonyl (C=O) groups is 1. The number of piperidine rings is 1. The molecule has 1 saturated heterocycles. The summed E-state index contributed by atoms with van der Waals surface area (Å²) < 4.78 is 30.5. The Bertz CT molecular complexity index is 956. The Morgan fingerprint density at radius 1 is 1.06 bits per heavy atom. The van der Waals surface area contributed by atoms with Crippen LogP contribution in [0.25, 0.3) is 0 Å². The van der Waals surface area contributed by atoms with E-state index in [0.29, 0.717) is 6.54 Å². The fourth-order valence-corrected chi connectivity index (χ4v) is 5.93. The first-order valence-electron chi connectivity index (χ1n) is 11.2. The third-order valence-electron chi connectivity index (χ3n) is 5.83. The first kappa shape index (κ1) is 23.5. The van der Waals surface area contributed by atoms with Gasteiger partial charge in [-0.25, -0.2) is 8.42 Å². The fourth-order valence-electron chi connectivity index (χ4n) is 4.54. The van der Waals surface area contributed by atoms with E-state index in [0.717, 1.165) is 35.9 Å². The van der Waals surface area contributed by atoms with Crippen LogP contribution in [0.3, 0.4) is 0 Å². The molecule has 0 radical (unpaired) electrons. The maximum absolute atomic E-state index is 12.5. The largest absolute Gasteiger partial charge is 0.455 e. The molecule has 1 aromatic heterocycles. The Hall–Kier alpha value is -2.12. The number of sulfone groups is 1. The van der Waals surface area contributed by atoms with E-state index >= 15 is 0 Å². The van der Waals surface area contributed by atoms with Crippen LogP contribution in [-0.4, -0.2) is 40.5 Å². The molecule has 7 heteroatoms. The number of likely N-dealkylation sites (tertiary alicyclic amines) is 1. The molecule has 170 valence electrons. The predicted molar refractivity (Wildman–Crippen MR) is 122 cm³/mol. The van der Waals surface area contributed by atoms with E-state index in [4.69, 9.17) is 4.42 Å². The second-order valence-corrected chi connectivity index (χ2v) is 11.3. The SMILES string of the molecule is Cc1ccc(CS(=O)(=O)Cc2ccc(C(=O)NCCC[NH+]3CC(C)CC(C)C3)o2)cc1. The van der Waals surface area contributed by atoms with Gasteiger partial charge in [0.2, 0.25) is 0 Å². The smallest absolute Gasteiger partial charge is 0.286 e. The third-order valence-corrected chi connectivity index (χ3v) is 7.32. The average molecular weight is 448 g/mol. The summed E-state index contributed by atoms with van der Waals surface area (Å²) >= 11 is 0. The van der Waals surface area contributed by atoms with E-state index in [-0.39, 0.29) is 28.9 Å². The Balaban J connectivity index is 1.44. The molecule has 2 heterocycles. The van der Waals surface area contributed by atoms with Crippen molar-refractivity contribution in [3.8, 4) is 0 Å². The van der Waals surface area contributed by atoms with Crippen molar-refractivity contribution in [2.24, 2.45) is 11.8 Å². The van der Waals surface area contributed by atoms with Crippen molar-refractivity contribution in [2.45, 2.75) is 45.1 Å². The lowest BCUT2D eigenvalue weighted by atomic mass is 9.92. The van der Waals surface area contributed by atoms with Crippen LogP contribution in [-0.2, 0) is 21.3 Å². The molecule has 1 aromatic carbocycles. The minimum Gasteiger partial charge on any atom is -0.455 e. The zero-order chi connectivity index (χ0) is 22.4. The number of amides is 1. The molecule has 31 heavy (non-hydrogen) atoms. The van der Waals surface area contributed by atoms with Gasteiger partial charge in [0.15, 0.2) is 15.6 Å². The van der Waals surface area contributed by atoms with Crippen LogP contribution in [0, 0.1) is 18.8 Å². The van der Waals surface area contributed by atoms with Gasteiger partial charge >= 0.3 is 0 Å². The van der Waals surface area contributed by atoms with Crippen molar-refractivity contribution >= 4 is 15.7 Å². The molecule has 2 aromatic rings. The number of furan rings is 1. The summed E-state index contributed by atoms with van der Waals surface area (Å²) in [5, 5.41) is 2.89. The van der Waals surface area contributed by atoms with Crippen LogP contribution in [0.2, 0.25) is 0 Å². The molecule has 2 unspecified atom stereocenters. The van der Waals surface area contributed by atoms with Crippen LogP contribution in [0.15, 0.2) is 40.8 Å². The van der Waals surface area contributed by atoms with Crippen molar-refractivity contribution in [3.05, 3.63) is 59.0 Å². The van der Waals surface area contributed by atoms with E-state index < -0.39 is 9.84 Å². The van der Waals surface area contributed by atoms with Gasteiger partial charge in [0.05, 0.1) is 25.4 Å². The monoisotopic (exact) mass is 447 g/mol. The minimum absolute atomic E-state index is 0.0500. The summed E-state index contributed by atoms with van der Waals surface area (Å²) in [5.74, 6) is 1.41.